The summed E-state index contributed by atoms with van der Waals surface area (Å²) in [5.41, 5.74) is -0.140. The van der Waals surface area contributed by atoms with Gasteiger partial charge in [0.05, 0.1) is 17.2 Å². The Morgan fingerprint density at radius 1 is 1.56 bits per heavy atom. The van der Waals surface area contributed by atoms with Crippen molar-refractivity contribution in [1.82, 2.24) is 10.3 Å². The molecule has 1 rings (SSSR count). The summed E-state index contributed by atoms with van der Waals surface area (Å²) in [5, 5.41) is 12.7. The maximum Gasteiger partial charge on any atom is 0.268 e. The van der Waals surface area contributed by atoms with Gasteiger partial charge >= 0.3 is 0 Å². The minimum Gasteiger partial charge on any atom is -0.394 e. The first-order valence-corrected chi connectivity index (χ1v) is 5.72. The van der Waals surface area contributed by atoms with Crippen LogP contribution < -0.4 is 5.32 Å². The van der Waals surface area contributed by atoms with Crippen molar-refractivity contribution in [2.45, 2.75) is 32.2 Å². The van der Waals surface area contributed by atoms with Crippen LogP contribution in [-0.4, -0.2) is 28.1 Å². The van der Waals surface area contributed by atoms with E-state index in [9.17, 15) is 9.90 Å². The maximum absolute atomic E-state index is 11.8. The SMILES string of the molecule is CCC(CC)(CO)NC(=O)c1cc(Cl)c[nH]1. The highest BCUT2D eigenvalue weighted by Gasteiger charge is 2.27. The fraction of sp³-hybridized carbons (Fsp3) is 0.545. The van der Waals surface area contributed by atoms with Crippen LogP contribution in [0.1, 0.15) is 37.2 Å². The molecule has 0 aliphatic carbocycles. The standard InChI is InChI=1S/C11H17ClN2O2/c1-3-11(4-2,7-15)14-10(16)9-5-8(12)6-13-9/h5-6,13,15H,3-4,7H2,1-2H3,(H,14,16). The summed E-state index contributed by atoms with van der Waals surface area (Å²) in [6, 6.07) is 1.56. The van der Waals surface area contributed by atoms with Gasteiger partial charge in [-0.05, 0) is 18.9 Å². The van der Waals surface area contributed by atoms with Gasteiger partial charge in [-0.15, -0.1) is 0 Å². The monoisotopic (exact) mass is 244 g/mol. The summed E-state index contributed by atoms with van der Waals surface area (Å²) in [6.07, 6.45) is 2.91. The predicted molar refractivity (Wildman–Crippen MR) is 63.7 cm³/mol. The number of halogens is 1. The van der Waals surface area contributed by atoms with Crippen LogP contribution >= 0.6 is 11.6 Å². The molecule has 0 unspecified atom stereocenters. The van der Waals surface area contributed by atoms with Gasteiger partial charge < -0.3 is 15.4 Å². The molecule has 0 saturated heterocycles. The van der Waals surface area contributed by atoms with Crippen LogP contribution in [0.25, 0.3) is 0 Å². The number of amides is 1. The second-order valence-electron chi connectivity index (χ2n) is 3.83. The number of hydrogen-bond donors (Lipinski definition) is 3. The predicted octanol–water partition coefficient (Wildman–Crippen LogP) is 1.95. The fourth-order valence-corrected chi connectivity index (χ4v) is 1.66. The van der Waals surface area contributed by atoms with Crippen LogP contribution in [0.3, 0.4) is 0 Å². The Morgan fingerprint density at radius 2 is 2.19 bits per heavy atom. The molecule has 4 nitrogen and oxygen atoms in total. The van der Waals surface area contributed by atoms with Gasteiger partial charge in [-0.3, -0.25) is 4.79 Å². The van der Waals surface area contributed by atoms with Crippen molar-refractivity contribution in [2.24, 2.45) is 0 Å². The molecule has 0 aliphatic heterocycles. The third-order valence-corrected chi connectivity index (χ3v) is 3.15. The Kier molecular flexibility index (Phi) is 4.38. The molecule has 0 fully saturated rings. The first-order chi connectivity index (χ1) is 7.56. The first kappa shape index (κ1) is 13.1. The van der Waals surface area contributed by atoms with Crippen LogP contribution in [0.5, 0.6) is 0 Å². The number of aliphatic hydroxyl groups excluding tert-OH is 1. The molecule has 3 N–H and O–H groups in total. The number of H-pyrrole nitrogens is 1. The molecule has 0 saturated carbocycles. The van der Waals surface area contributed by atoms with Crippen LogP contribution in [0.4, 0.5) is 0 Å². The lowest BCUT2D eigenvalue weighted by Gasteiger charge is -2.30. The van der Waals surface area contributed by atoms with Crippen molar-refractivity contribution in [3.05, 3.63) is 23.0 Å². The number of carbonyl (C=O) groups is 1. The normalized spacial score (nSPS) is 11.5. The molecular formula is C11H17ClN2O2. The van der Waals surface area contributed by atoms with Gasteiger partial charge in [-0.2, -0.15) is 0 Å². The molecule has 1 aromatic heterocycles. The van der Waals surface area contributed by atoms with E-state index < -0.39 is 5.54 Å². The molecule has 5 heteroatoms. The van der Waals surface area contributed by atoms with Crippen LogP contribution in [0.2, 0.25) is 5.02 Å². The van der Waals surface area contributed by atoms with Crippen molar-refractivity contribution < 1.29 is 9.90 Å². The van der Waals surface area contributed by atoms with E-state index in [1.54, 1.807) is 12.3 Å². The Labute approximate surface area is 100 Å². The zero-order chi connectivity index (χ0) is 12.2. The minimum atomic E-state index is -0.547. The molecule has 0 aromatic carbocycles. The lowest BCUT2D eigenvalue weighted by molar-refractivity contribution is 0.0813. The van der Waals surface area contributed by atoms with Crippen LogP contribution in [0.15, 0.2) is 12.3 Å². The first-order valence-electron chi connectivity index (χ1n) is 5.34. The van der Waals surface area contributed by atoms with Crippen molar-refractivity contribution in [3.8, 4) is 0 Å². The lowest BCUT2D eigenvalue weighted by atomic mass is 9.94. The zero-order valence-corrected chi connectivity index (χ0v) is 10.3. The quantitative estimate of drug-likeness (QED) is 0.741. The van der Waals surface area contributed by atoms with Gasteiger partial charge in [0.15, 0.2) is 0 Å². The molecule has 0 aliphatic rings. The van der Waals surface area contributed by atoms with Gasteiger partial charge in [0.2, 0.25) is 0 Å². The molecule has 0 atom stereocenters. The topological polar surface area (TPSA) is 65.1 Å². The Morgan fingerprint density at radius 3 is 2.56 bits per heavy atom. The smallest absolute Gasteiger partial charge is 0.268 e. The Bertz CT molecular complexity index is 350. The van der Waals surface area contributed by atoms with Crippen molar-refractivity contribution in [2.75, 3.05) is 6.61 Å². The molecule has 0 spiro atoms. The van der Waals surface area contributed by atoms with Crippen LogP contribution in [0, 0.1) is 0 Å². The number of rotatable bonds is 5. The summed E-state index contributed by atoms with van der Waals surface area (Å²) >= 11 is 5.72. The second-order valence-corrected chi connectivity index (χ2v) is 4.27. The highest BCUT2D eigenvalue weighted by Crippen LogP contribution is 2.16. The van der Waals surface area contributed by atoms with Crippen molar-refractivity contribution >= 4 is 17.5 Å². The zero-order valence-electron chi connectivity index (χ0n) is 9.51. The number of aliphatic hydroxyl groups is 1. The average Bonchev–Trinajstić information content (AvgIpc) is 2.73. The number of carbonyl (C=O) groups excluding carboxylic acids is 1. The molecule has 1 amide bonds. The van der Waals surface area contributed by atoms with E-state index in [0.29, 0.717) is 23.6 Å². The third-order valence-electron chi connectivity index (χ3n) is 2.93. The highest BCUT2D eigenvalue weighted by atomic mass is 35.5. The number of aromatic nitrogens is 1. The molecular weight excluding hydrogens is 228 g/mol. The second kappa shape index (κ2) is 5.37. The van der Waals surface area contributed by atoms with Gasteiger partial charge in [0, 0.05) is 6.20 Å². The highest BCUT2D eigenvalue weighted by molar-refractivity contribution is 6.30. The van der Waals surface area contributed by atoms with E-state index >= 15 is 0 Å². The minimum absolute atomic E-state index is 0.0693. The molecule has 90 valence electrons. The van der Waals surface area contributed by atoms with Gasteiger partial charge in [0.1, 0.15) is 5.69 Å². The summed E-state index contributed by atoms with van der Waals surface area (Å²) in [4.78, 5) is 14.6. The number of aromatic amines is 1. The number of nitrogens with one attached hydrogen (secondary N) is 2. The van der Waals surface area contributed by atoms with Crippen molar-refractivity contribution in [3.63, 3.8) is 0 Å². The summed E-state index contributed by atoms with van der Waals surface area (Å²) in [7, 11) is 0. The lowest BCUT2D eigenvalue weighted by Crippen LogP contribution is -2.50. The molecule has 0 radical (unpaired) electrons. The van der Waals surface area contributed by atoms with Gasteiger partial charge in [-0.1, -0.05) is 25.4 Å². The summed E-state index contributed by atoms with van der Waals surface area (Å²) < 4.78 is 0. The molecule has 16 heavy (non-hydrogen) atoms. The Hall–Kier alpha value is -1.00. The van der Waals surface area contributed by atoms with E-state index in [-0.39, 0.29) is 12.5 Å². The maximum atomic E-state index is 11.8. The molecule has 1 aromatic rings. The van der Waals surface area contributed by atoms with Gasteiger partial charge in [0.25, 0.3) is 5.91 Å². The van der Waals surface area contributed by atoms with E-state index in [1.165, 1.54) is 0 Å². The van der Waals surface area contributed by atoms with E-state index in [0.717, 1.165) is 0 Å². The van der Waals surface area contributed by atoms with Crippen molar-refractivity contribution in [1.29, 1.82) is 0 Å². The third kappa shape index (κ3) is 2.77. The van der Waals surface area contributed by atoms with E-state index in [1.807, 2.05) is 13.8 Å². The van der Waals surface area contributed by atoms with Gasteiger partial charge in [-0.25, -0.2) is 0 Å². The number of hydrogen-bond acceptors (Lipinski definition) is 2. The summed E-state index contributed by atoms with van der Waals surface area (Å²) in [5.74, 6) is -0.246. The summed E-state index contributed by atoms with van der Waals surface area (Å²) in [6.45, 7) is 3.80. The molecule has 1 heterocycles. The average molecular weight is 245 g/mol. The molecule has 0 bridgehead atoms. The Balaban J connectivity index is 2.76. The van der Waals surface area contributed by atoms with E-state index in [4.69, 9.17) is 11.6 Å². The largest absolute Gasteiger partial charge is 0.394 e. The van der Waals surface area contributed by atoms with E-state index in [2.05, 4.69) is 10.3 Å². The van der Waals surface area contributed by atoms with Crippen LogP contribution in [-0.2, 0) is 0 Å². The fourth-order valence-electron chi connectivity index (χ4n) is 1.50.